The molecule has 1 N–H and O–H groups in total. The lowest BCUT2D eigenvalue weighted by molar-refractivity contribution is 0.102. The molecule has 110 valence electrons. The fourth-order valence-corrected chi connectivity index (χ4v) is 3.10. The van der Waals surface area contributed by atoms with Gasteiger partial charge in [-0.25, -0.2) is 8.42 Å². The Hall–Kier alpha value is -1.12. The van der Waals surface area contributed by atoms with E-state index in [0.29, 0.717) is 11.3 Å². The van der Waals surface area contributed by atoms with Crippen molar-refractivity contribution in [2.45, 2.75) is 11.8 Å². The third-order valence-corrected chi connectivity index (χ3v) is 5.63. The molecule has 0 fully saturated rings. The van der Waals surface area contributed by atoms with E-state index in [1.54, 1.807) is 6.07 Å². The number of anilines is 1. The van der Waals surface area contributed by atoms with Crippen LogP contribution < -0.4 is 5.32 Å². The van der Waals surface area contributed by atoms with E-state index in [2.05, 4.69) is 27.9 Å². The SMILES string of the molecule is Cc1cccc(C(=O)Nc2ccc(S(=O)(=O)Cl)cc2)c1I. The van der Waals surface area contributed by atoms with Gasteiger partial charge in [0, 0.05) is 19.9 Å². The summed E-state index contributed by atoms with van der Waals surface area (Å²) in [6.45, 7) is 1.93. The van der Waals surface area contributed by atoms with E-state index in [4.69, 9.17) is 10.7 Å². The Morgan fingerprint density at radius 3 is 2.33 bits per heavy atom. The lowest BCUT2D eigenvalue weighted by Gasteiger charge is -2.08. The Balaban J connectivity index is 2.22. The van der Waals surface area contributed by atoms with Crippen LogP contribution in [0.1, 0.15) is 15.9 Å². The molecule has 0 radical (unpaired) electrons. The summed E-state index contributed by atoms with van der Waals surface area (Å²) in [5.41, 5.74) is 2.10. The van der Waals surface area contributed by atoms with Crippen molar-refractivity contribution in [3.8, 4) is 0 Å². The first kappa shape index (κ1) is 16.3. The Kier molecular flexibility index (Phi) is 4.90. The number of carbonyl (C=O) groups is 1. The molecule has 21 heavy (non-hydrogen) atoms. The van der Waals surface area contributed by atoms with Crippen LogP contribution in [0.15, 0.2) is 47.4 Å². The minimum atomic E-state index is -3.75. The smallest absolute Gasteiger partial charge is 0.261 e. The van der Waals surface area contributed by atoms with Crippen LogP contribution in [0, 0.1) is 10.5 Å². The molecule has 2 aromatic carbocycles. The first-order valence-corrected chi connectivity index (χ1v) is 9.29. The van der Waals surface area contributed by atoms with Gasteiger partial charge in [0.2, 0.25) is 0 Å². The maximum atomic E-state index is 12.2. The topological polar surface area (TPSA) is 63.2 Å². The van der Waals surface area contributed by atoms with Crippen molar-refractivity contribution < 1.29 is 13.2 Å². The molecule has 0 spiro atoms. The molecule has 0 atom stereocenters. The van der Waals surface area contributed by atoms with Crippen molar-refractivity contribution >= 4 is 53.9 Å². The van der Waals surface area contributed by atoms with Gasteiger partial charge in [0.25, 0.3) is 15.0 Å². The Bertz CT molecular complexity index is 788. The van der Waals surface area contributed by atoms with Crippen LogP contribution in [-0.4, -0.2) is 14.3 Å². The third-order valence-electron chi connectivity index (χ3n) is 2.83. The van der Waals surface area contributed by atoms with Gasteiger partial charge in [-0.1, -0.05) is 12.1 Å². The van der Waals surface area contributed by atoms with Gasteiger partial charge in [-0.2, -0.15) is 0 Å². The van der Waals surface area contributed by atoms with E-state index < -0.39 is 9.05 Å². The average Bonchev–Trinajstić information content (AvgIpc) is 2.41. The molecular weight excluding hydrogens is 425 g/mol. The molecule has 0 aliphatic carbocycles. The van der Waals surface area contributed by atoms with E-state index in [0.717, 1.165) is 9.13 Å². The number of amides is 1. The Morgan fingerprint density at radius 1 is 1.14 bits per heavy atom. The zero-order chi connectivity index (χ0) is 15.6. The summed E-state index contributed by atoms with van der Waals surface area (Å²) in [4.78, 5) is 12.2. The van der Waals surface area contributed by atoms with E-state index in [-0.39, 0.29) is 10.8 Å². The minimum absolute atomic E-state index is 0.00713. The summed E-state index contributed by atoms with van der Waals surface area (Å²) < 4.78 is 23.2. The normalized spacial score (nSPS) is 11.2. The maximum Gasteiger partial charge on any atom is 0.261 e. The average molecular weight is 436 g/mol. The predicted octanol–water partition coefficient (Wildman–Crippen LogP) is 3.78. The quantitative estimate of drug-likeness (QED) is 0.589. The molecule has 2 rings (SSSR count). The highest BCUT2D eigenvalue weighted by Gasteiger charge is 2.13. The number of aryl methyl sites for hydroxylation is 1. The van der Waals surface area contributed by atoms with Gasteiger partial charge < -0.3 is 5.32 Å². The number of benzene rings is 2. The summed E-state index contributed by atoms with van der Waals surface area (Å²) in [5, 5.41) is 2.72. The molecule has 2 aromatic rings. The number of nitrogens with one attached hydrogen (secondary N) is 1. The molecule has 1 amide bonds. The molecular formula is C14H11ClINO3S. The summed E-state index contributed by atoms with van der Waals surface area (Å²) in [5.74, 6) is -0.246. The van der Waals surface area contributed by atoms with Crippen LogP contribution >= 0.6 is 33.3 Å². The lowest BCUT2D eigenvalue weighted by Crippen LogP contribution is -2.14. The zero-order valence-electron chi connectivity index (χ0n) is 10.9. The third kappa shape index (κ3) is 3.96. The van der Waals surface area contributed by atoms with Crippen LogP contribution in [0.5, 0.6) is 0 Å². The Labute approximate surface area is 141 Å². The molecule has 0 aliphatic heterocycles. The second-order valence-electron chi connectivity index (χ2n) is 4.35. The minimum Gasteiger partial charge on any atom is -0.322 e. The first-order chi connectivity index (χ1) is 9.79. The summed E-state index contributed by atoms with van der Waals surface area (Å²) in [6, 6.07) is 11.2. The van der Waals surface area contributed by atoms with E-state index in [1.807, 2.05) is 19.1 Å². The maximum absolute atomic E-state index is 12.2. The van der Waals surface area contributed by atoms with E-state index >= 15 is 0 Å². The van der Waals surface area contributed by atoms with Crippen molar-refractivity contribution in [1.82, 2.24) is 0 Å². The monoisotopic (exact) mass is 435 g/mol. The summed E-state index contributed by atoms with van der Waals surface area (Å²) in [7, 11) is 1.48. The van der Waals surface area contributed by atoms with Gasteiger partial charge in [-0.15, -0.1) is 0 Å². The molecule has 0 aromatic heterocycles. The van der Waals surface area contributed by atoms with Crippen molar-refractivity contribution in [3.63, 3.8) is 0 Å². The van der Waals surface area contributed by atoms with Crippen molar-refractivity contribution in [2.75, 3.05) is 5.32 Å². The van der Waals surface area contributed by atoms with Crippen molar-refractivity contribution in [2.24, 2.45) is 0 Å². The van der Waals surface area contributed by atoms with Crippen molar-refractivity contribution in [1.29, 1.82) is 0 Å². The fraction of sp³-hybridized carbons (Fsp3) is 0.0714. The van der Waals surface area contributed by atoms with Crippen LogP contribution in [0.4, 0.5) is 5.69 Å². The molecule has 0 saturated carbocycles. The molecule has 0 unspecified atom stereocenters. The first-order valence-electron chi connectivity index (χ1n) is 5.90. The highest BCUT2D eigenvalue weighted by atomic mass is 127. The number of halogens is 2. The van der Waals surface area contributed by atoms with Gasteiger partial charge in [0.05, 0.1) is 10.5 Å². The molecule has 0 heterocycles. The van der Waals surface area contributed by atoms with Crippen LogP contribution in [0.3, 0.4) is 0 Å². The van der Waals surface area contributed by atoms with Gasteiger partial charge in [-0.3, -0.25) is 4.79 Å². The van der Waals surface area contributed by atoms with Crippen molar-refractivity contribution in [3.05, 3.63) is 57.2 Å². The fourth-order valence-electron chi connectivity index (χ4n) is 1.72. The highest BCUT2D eigenvalue weighted by molar-refractivity contribution is 14.1. The van der Waals surface area contributed by atoms with Crippen LogP contribution in [-0.2, 0) is 9.05 Å². The standard InChI is InChI=1S/C14H11ClINO3S/c1-9-3-2-4-12(13(9)16)14(18)17-10-5-7-11(8-6-10)21(15,19)20/h2-8H,1H3,(H,17,18). The molecule has 0 bridgehead atoms. The van der Waals surface area contributed by atoms with Gasteiger partial charge in [0.15, 0.2) is 0 Å². The lowest BCUT2D eigenvalue weighted by atomic mass is 10.1. The van der Waals surface area contributed by atoms with Gasteiger partial charge in [-0.05, 0) is 65.4 Å². The number of carbonyl (C=O) groups excluding carboxylic acids is 1. The van der Waals surface area contributed by atoms with E-state index in [9.17, 15) is 13.2 Å². The van der Waals surface area contributed by atoms with Crippen LogP contribution in [0.2, 0.25) is 0 Å². The second kappa shape index (κ2) is 6.33. The number of hydrogen-bond acceptors (Lipinski definition) is 3. The largest absolute Gasteiger partial charge is 0.322 e. The number of rotatable bonds is 3. The zero-order valence-corrected chi connectivity index (χ0v) is 14.7. The predicted molar refractivity (Wildman–Crippen MR) is 91.3 cm³/mol. The van der Waals surface area contributed by atoms with Crippen LogP contribution in [0.25, 0.3) is 0 Å². The molecule has 4 nitrogen and oxygen atoms in total. The highest BCUT2D eigenvalue weighted by Crippen LogP contribution is 2.20. The molecule has 0 saturated heterocycles. The second-order valence-corrected chi connectivity index (χ2v) is 8.00. The van der Waals surface area contributed by atoms with Gasteiger partial charge in [0.1, 0.15) is 0 Å². The van der Waals surface area contributed by atoms with Gasteiger partial charge >= 0.3 is 0 Å². The molecule has 7 heteroatoms. The summed E-state index contributed by atoms with van der Waals surface area (Å²) >= 11 is 2.12. The Morgan fingerprint density at radius 2 is 1.76 bits per heavy atom. The van der Waals surface area contributed by atoms with E-state index in [1.165, 1.54) is 24.3 Å². The molecule has 0 aliphatic rings. The summed E-state index contributed by atoms with van der Waals surface area (Å²) in [6.07, 6.45) is 0. The number of hydrogen-bond donors (Lipinski definition) is 1.